The molecule has 2 heterocycles. The minimum atomic E-state index is 0.792. The first-order valence-electron chi connectivity index (χ1n) is 5.74. The Morgan fingerprint density at radius 2 is 2.00 bits per heavy atom. The van der Waals surface area contributed by atoms with Crippen LogP contribution >= 0.6 is 11.8 Å². The van der Waals surface area contributed by atoms with Crippen molar-refractivity contribution in [2.24, 2.45) is 0 Å². The van der Waals surface area contributed by atoms with E-state index in [1.165, 1.54) is 11.8 Å². The van der Waals surface area contributed by atoms with Crippen molar-refractivity contribution in [2.45, 2.75) is 10.1 Å². The van der Waals surface area contributed by atoms with Gasteiger partial charge in [0.15, 0.2) is 0 Å². The van der Waals surface area contributed by atoms with Crippen molar-refractivity contribution in [2.75, 3.05) is 7.11 Å². The Hall–Kier alpha value is -2.14. The maximum absolute atomic E-state index is 5.20. The second kappa shape index (κ2) is 5.24. The Kier molecular flexibility index (Phi) is 3.29. The second-order valence-electron chi connectivity index (χ2n) is 3.83. The number of rotatable bonds is 3. The summed E-state index contributed by atoms with van der Waals surface area (Å²) >= 11 is 1.53. The Balaban J connectivity index is 2.04. The van der Waals surface area contributed by atoms with Gasteiger partial charge in [-0.25, -0.2) is 15.0 Å². The highest BCUT2D eigenvalue weighted by Gasteiger charge is 2.07. The summed E-state index contributed by atoms with van der Waals surface area (Å²) in [6.45, 7) is 0. The summed E-state index contributed by atoms with van der Waals surface area (Å²) in [6, 6.07) is 11.6. The third kappa shape index (κ3) is 2.51. The number of pyridine rings is 1. The smallest absolute Gasteiger partial charge is 0.121 e. The Bertz CT molecular complexity index is 703. The van der Waals surface area contributed by atoms with E-state index in [1.54, 1.807) is 19.6 Å². The maximum Gasteiger partial charge on any atom is 0.121 e. The lowest BCUT2D eigenvalue weighted by atomic mass is 10.2. The highest BCUT2D eigenvalue weighted by atomic mass is 32.2. The molecule has 0 bridgehead atoms. The van der Waals surface area contributed by atoms with Crippen molar-refractivity contribution >= 4 is 22.7 Å². The predicted molar refractivity (Wildman–Crippen MR) is 74.5 cm³/mol. The van der Waals surface area contributed by atoms with E-state index in [4.69, 9.17) is 4.74 Å². The third-order valence-corrected chi connectivity index (χ3v) is 3.62. The van der Waals surface area contributed by atoms with Crippen LogP contribution in [-0.2, 0) is 0 Å². The second-order valence-corrected chi connectivity index (χ2v) is 4.84. The van der Waals surface area contributed by atoms with Crippen LogP contribution in [0.5, 0.6) is 5.75 Å². The first-order valence-corrected chi connectivity index (χ1v) is 6.56. The molecule has 0 aliphatic rings. The van der Waals surface area contributed by atoms with Crippen molar-refractivity contribution < 1.29 is 4.74 Å². The van der Waals surface area contributed by atoms with E-state index >= 15 is 0 Å². The highest BCUT2D eigenvalue weighted by Crippen LogP contribution is 2.30. The normalized spacial score (nSPS) is 10.6. The zero-order chi connectivity index (χ0) is 13.1. The molecule has 1 aromatic carbocycles. The van der Waals surface area contributed by atoms with E-state index in [2.05, 4.69) is 15.0 Å². The molecule has 0 fully saturated rings. The number of fused-ring (bicyclic) bond motifs is 1. The number of hydrogen-bond acceptors (Lipinski definition) is 5. The van der Waals surface area contributed by atoms with Gasteiger partial charge in [-0.1, -0.05) is 6.07 Å². The largest absolute Gasteiger partial charge is 0.497 e. The van der Waals surface area contributed by atoms with Crippen LogP contribution in [0.15, 0.2) is 59.0 Å². The van der Waals surface area contributed by atoms with Gasteiger partial charge in [0.05, 0.1) is 12.6 Å². The molecule has 0 spiro atoms. The molecule has 3 aromatic rings. The van der Waals surface area contributed by atoms with Gasteiger partial charge in [0.1, 0.15) is 22.1 Å². The summed E-state index contributed by atoms with van der Waals surface area (Å²) < 4.78 is 5.20. The van der Waals surface area contributed by atoms with Gasteiger partial charge in [-0.2, -0.15) is 0 Å². The molecule has 0 amide bonds. The van der Waals surface area contributed by atoms with E-state index in [-0.39, 0.29) is 0 Å². The van der Waals surface area contributed by atoms with Crippen LogP contribution in [0.1, 0.15) is 0 Å². The molecule has 5 heteroatoms. The zero-order valence-electron chi connectivity index (χ0n) is 10.3. The average molecular weight is 269 g/mol. The van der Waals surface area contributed by atoms with Crippen molar-refractivity contribution in [1.29, 1.82) is 0 Å². The van der Waals surface area contributed by atoms with Gasteiger partial charge >= 0.3 is 0 Å². The van der Waals surface area contributed by atoms with Crippen LogP contribution < -0.4 is 4.74 Å². The molecule has 0 saturated heterocycles. The van der Waals surface area contributed by atoms with Crippen LogP contribution in [0, 0.1) is 0 Å². The number of hydrogen-bond donors (Lipinski definition) is 0. The Morgan fingerprint density at radius 1 is 1.05 bits per heavy atom. The van der Waals surface area contributed by atoms with E-state index < -0.39 is 0 Å². The standard InChI is InChI=1S/C14H11N3OS/c1-18-10-5-6-11-12(8-10)16-9-17-14(11)19-13-4-2-3-7-15-13/h2-9H,1H3. The quantitative estimate of drug-likeness (QED) is 0.683. The van der Waals surface area contributed by atoms with Crippen LogP contribution in [0.3, 0.4) is 0 Å². The van der Waals surface area contributed by atoms with Gasteiger partial charge in [0.2, 0.25) is 0 Å². The van der Waals surface area contributed by atoms with E-state index in [0.29, 0.717) is 0 Å². The number of ether oxygens (including phenoxy) is 1. The summed E-state index contributed by atoms with van der Waals surface area (Å²) in [5.74, 6) is 0.792. The van der Waals surface area contributed by atoms with Gasteiger partial charge in [0.25, 0.3) is 0 Å². The first-order chi connectivity index (χ1) is 9.36. The fraction of sp³-hybridized carbons (Fsp3) is 0.0714. The zero-order valence-corrected chi connectivity index (χ0v) is 11.1. The molecular weight excluding hydrogens is 258 g/mol. The number of aromatic nitrogens is 3. The topological polar surface area (TPSA) is 47.9 Å². The predicted octanol–water partition coefficient (Wildman–Crippen LogP) is 3.18. The van der Waals surface area contributed by atoms with E-state index in [9.17, 15) is 0 Å². The molecule has 2 aromatic heterocycles. The van der Waals surface area contributed by atoms with Gasteiger partial charge in [-0.15, -0.1) is 0 Å². The Labute approximate surface area is 114 Å². The highest BCUT2D eigenvalue weighted by molar-refractivity contribution is 7.99. The van der Waals surface area contributed by atoms with Crippen LogP contribution in [0.2, 0.25) is 0 Å². The lowest BCUT2D eigenvalue weighted by molar-refractivity contribution is 0.415. The summed E-state index contributed by atoms with van der Waals surface area (Å²) in [7, 11) is 1.64. The Morgan fingerprint density at radius 3 is 2.79 bits per heavy atom. The van der Waals surface area contributed by atoms with Crippen LogP contribution in [0.4, 0.5) is 0 Å². The van der Waals surface area contributed by atoms with E-state index in [0.717, 1.165) is 26.7 Å². The molecule has 0 saturated carbocycles. The molecule has 0 radical (unpaired) electrons. The van der Waals surface area contributed by atoms with Crippen molar-refractivity contribution in [3.05, 3.63) is 48.9 Å². The average Bonchev–Trinajstić information content (AvgIpc) is 2.48. The molecule has 4 nitrogen and oxygen atoms in total. The molecule has 0 aliphatic heterocycles. The van der Waals surface area contributed by atoms with Crippen molar-refractivity contribution in [1.82, 2.24) is 15.0 Å². The van der Waals surface area contributed by atoms with Gasteiger partial charge in [-0.3, -0.25) is 0 Å². The number of nitrogens with zero attached hydrogens (tertiary/aromatic N) is 3. The SMILES string of the molecule is COc1ccc2c(Sc3ccccn3)ncnc2c1. The summed E-state index contributed by atoms with van der Waals surface area (Å²) in [5, 5.41) is 2.81. The fourth-order valence-electron chi connectivity index (χ4n) is 1.73. The van der Waals surface area contributed by atoms with Gasteiger partial charge < -0.3 is 4.74 Å². The maximum atomic E-state index is 5.20. The molecule has 3 rings (SSSR count). The number of methoxy groups -OCH3 is 1. The monoisotopic (exact) mass is 269 g/mol. The minimum absolute atomic E-state index is 0.792. The lowest BCUT2D eigenvalue weighted by Gasteiger charge is -2.05. The van der Waals surface area contributed by atoms with Crippen molar-refractivity contribution in [3.63, 3.8) is 0 Å². The molecule has 94 valence electrons. The van der Waals surface area contributed by atoms with Crippen molar-refractivity contribution in [3.8, 4) is 5.75 Å². The molecular formula is C14H11N3OS. The van der Waals surface area contributed by atoms with Crippen LogP contribution in [0.25, 0.3) is 10.9 Å². The number of benzene rings is 1. The van der Waals surface area contributed by atoms with Gasteiger partial charge in [-0.05, 0) is 36.0 Å². The summed E-state index contributed by atoms with van der Waals surface area (Å²) in [5.41, 5.74) is 0.868. The minimum Gasteiger partial charge on any atom is -0.497 e. The molecule has 0 unspecified atom stereocenters. The van der Waals surface area contributed by atoms with Crippen LogP contribution in [-0.4, -0.2) is 22.1 Å². The van der Waals surface area contributed by atoms with E-state index in [1.807, 2.05) is 36.4 Å². The first kappa shape index (κ1) is 11.9. The fourth-order valence-corrected chi connectivity index (χ4v) is 2.57. The lowest BCUT2D eigenvalue weighted by Crippen LogP contribution is -1.89. The third-order valence-electron chi connectivity index (χ3n) is 2.65. The molecule has 0 aliphatic carbocycles. The van der Waals surface area contributed by atoms with Gasteiger partial charge in [0, 0.05) is 17.6 Å². The molecule has 19 heavy (non-hydrogen) atoms. The molecule has 0 atom stereocenters. The summed E-state index contributed by atoms with van der Waals surface area (Å²) in [4.78, 5) is 12.9. The summed E-state index contributed by atoms with van der Waals surface area (Å²) in [6.07, 6.45) is 3.34. The molecule has 0 N–H and O–H groups in total.